The highest BCUT2D eigenvalue weighted by atomic mass is 32.2. The minimum Gasteiger partial charge on any atom is -0.463 e. The van der Waals surface area contributed by atoms with Crippen LogP contribution in [0, 0.1) is 10.1 Å². The number of ether oxygens (including phenoxy) is 3. The molecule has 4 heterocycles. The standard InChI is InChI=1S/C30H25N5O7S2/c1-3-6-19-25(28(37)40-4-2)26(18-8-9-21-22(15-18)42-16-41-21)34-27(36)24(44-30(34)33-19)14-17-7-10-23(20(13-17)35(38)39)43-29-31-11-5-12-32-29/h5,7-15,26H,3-4,6,16H2,1-2H3/b24-14+/t26-/m0/s1. The van der Waals surface area contributed by atoms with Crippen LogP contribution in [0.5, 0.6) is 11.5 Å². The number of nitro benzene ring substituents is 1. The largest absolute Gasteiger partial charge is 0.463 e. The van der Waals surface area contributed by atoms with Crippen molar-refractivity contribution in [1.29, 1.82) is 0 Å². The van der Waals surface area contributed by atoms with Gasteiger partial charge in [0, 0.05) is 18.5 Å². The first-order chi connectivity index (χ1) is 21.4. The average molecular weight is 632 g/mol. The number of benzene rings is 2. The molecule has 0 amide bonds. The molecule has 0 spiro atoms. The lowest BCUT2D eigenvalue weighted by molar-refractivity contribution is -0.387. The molecule has 0 fully saturated rings. The van der Waals surface area contributed by atoms with E-state index in [-0.39, 0.29) is 24.7 Å². The molecule has 2 aliphatic heterocycles. The van der Waals surface area contributed by atoms with E-state index in [0.29, 0.717) is 60.6 Å². The predicted molar refractivity (Wildman–Crippen MR) is 161 cm³/mol. The Morgan fingerprint density at radius 3 is 2.73 bits per heavy atom. The molecule has 0 radical (unpaired) electrons. The number of nitro groups is 1. The molecule has 0 aliphatic carbocycles. The van der Waals surface area contributed by atoms with E-state index in [1.165, 1.54) is 10.6 Å². The third-order valence-corrected chi connectivity index (χ3v) is 8.77. The summed E-state index contributed by atoms with van der Waals surface area (Å²) in [5, 5.41) is 12.3. The van der Waals surface area contributed by atoms with Gasteiger partial charge in [0.1, 0.15) is 0 Å². The number of thiazole rings is 1. The quantitative estimate of drug-likeness (QED) is 0.114. The summed E-state index contributed by atoms with van der Waals surface area (Å²) < 4.78 is 18.3. The monoisotopic (exact) mass is 631 g/mol. The van der Waals surface area contributed by atoms with E-state index < -0.39 is 22.5 Å². The summed E-state index contributed by atoms with van der Waals surface area (Å²) in [6.45, 7) is 3.93. The molecule has 224 valence electrons. The van der Waals surface area contributed by atoms with Gasteiger partial charge in [-0.1, -0.05) is 36.8 Å². The number of allylic oxidation sites excluding steroid dienone is 1. The molecular weight excluding hydrogens is 606 g/mol. The van der Waals surface area contributed by atoms with Gasteiger partial charge in [0.15, 0.2) is 21.5 Å². The molecule has 2 aromatic carbocycles. The van der Waals surface area contributed by atoms with E-state index in [0.717, 1.165) is 23.1 Å². The molecule has 0 unspecified atom stereocenters. The Morgan fingerprint density at radius 1 is 1.18 bits per heavy atom. The highest BCUT2D eigenvalue weighted by Crippen LogP contribution is 2.39. The molecule has 0 saturated carbocycles. The van der Waals surface area contributed by atoms with E-state index in [9.17, 15) is 19.7 Å². The van der Waals surface area contributed by atoms with Crippen molar-refractivity contribution in [2.45, 2.75) is 42.8 Å². The second kappa shape index (κ2) is 12.4. The molecule has 44 heavy (non-hydrogen) atoms. The van der Waals surface area contributed by atoms with E-state index in [2.05, 4.69) is 9.97 Å². The summed E-state index contributed by atoms with van der Waals surface area (Å²) in [7, 11) is 0. The molecule has 0 saturated heterocycles. The summed E-state index contributed by atoms with van der Waals surface area (Å²) in [4.78, 5) is 52.7. The molecule has 0 bridgehead atoms. The Bertz CT molecular complexity index is 1990. The lowest BCUT2D eigenvalue weighted by atomic mass is 9.94. The van der Waals surface area contributed by atoms with E-state index in [1.54, 1.807) is 61.8 Å². The number of fused-ring (bicyclic) bond motifs is 2. The van der Waals surface area contributed by atoms with Crippen LogP contribution in [0.3, 0.4) is 0 Å². The molecule has 2 aliphatic rings. The van der Waals surface area contributed by atoms with Crippen molar-refractivity contribution in [1.82, 2.24) is 14.5 Å². The van der Waals surface area contributed by atoms with Crippen LogP contribution >= 0.6 is 23.1 Å². The molecule has 14 heteroatoms. The van der Waals surface area contributed by atoms with Crippen LogP contribution < -0.4 is 24.4 Å². The number of carbonyl (C=O) groups excluding carboxylic acids is 1. The summed E-state index contributed by atoms with van der Waals surface area (Å²) in [6, 6.07) is 10.8. The minimum atomic E-state index is -0.831. The minimum absolute atomic E-state index is 0.0744. The number of nitrogens with zero attached hydrogens (tertiary/aromatic N) is 5. The zero-order chi connectivity index (χ0) is 30.8. The molecule has 4 aromatic rings. The highest BCUT2D eigenvalue weighted by Gasteiger charge is 2.35. The van der Waals surface area contributed by atoms with Crippen molar-refractivity contribution < 1.29 is 23.9 Å². The Balaban J connectivity index is 1.49. The maximum atomic E-state index is 14.0. The lowest BCUT2D eigenvalue weighted by Gasteiger charge is -2.25. The maximum absolute atomic E-state index is 14.0. The molecule has 6 rings (SSSR count). The summed E-state index contributed by atoms with van der Waals surface area (Å²) >= 11 is 2.23. The zero-order valence-corrected chi connectivity index (χ0v) is 25.2. The number of hydrogen-bond acceptors (Lipinski definition) is 12. The highest BCUT2D eigenvalue weighted by molar-refractivity contribution is 7.99. The van der Waals surface area contributed by atoms with Crippen LogP contribution in [-0.4, -0.2) is 38.8 Å². The van der Waals surface area contributed by atoms with Crippen molar-refractivity contribution in [3.63, 3.8) is 0 Å². The number of esters is 1. The first-order valence-corrected chi connectivity index (χ1v) is 15.4. The second-order valence-corrected chi connectivity index (χ2v) is 11.7. The third-order valence-electron chi connectivity index (χ3n) is 6.83. The van der Waals surface area contributed by atoms with Crippen LogP contribution in [0.25, 0.3) is 6.08 Å². The first-order valence-electron chi connectivity index (χ1n) is 13.7. The number of aromatic nitrogens is 3. The number of rotatable bonds is 9. The summed E-state index contributed by atoms with van der Waals surface area (Å²) in [5.41, 5.74) is 1.38. The Kier molecular flexibility index (Phi) is 8.26. The van der Waals surface area contributed by atoms with Gasteiger partial charge in [0.25, 0.3) is 11.2 Å². The van der Waals surface area contributed by atoms with E-state index in [4.69, 9.17) is 19.2 Å². The smallest absolute Gasteiger partial charge is 0.338 e. The van der Waals surface area contributed by atoms with Gasteiger partial charge in [-0.2, -0.15) is 0 Å². The predicted octanol–water partition coefficient (Wildman–Crippen LogP) is 4.16. The molecule has 12 nitrogen and oxygen atoms in total. The third kappa shape index (κ3) is 5.61. The van der Waals surface area contributed by atoms with Gasteiger partial charge in [-0.25, -0.2) is 19.8 Å². The topological polar surface area (TPSA) is 148 Å². The molecule has 1 atom stereocenters. The summed E-state index contributed by atoms with van der Waals surface area (Å²) in [6.07, 6.45) is 5.92. The average Bonchev–Trinajstić information content (AvgIpc) is 3.61. The van der Waals surface area contributed by atoms with Gasteiger partial charge in [0.05, 0.1) is 38.3 Å². The number of carbonyl (C=O) groups is 1. The SMILES string of the molecule is CCCC1=C(C(=O)OCC)[C@H](c2ccc3c(c2)OCO3)n2c(s/c(=C/c3ccc(Sc4ncccn4)c([N+](=O)[O-])c3)c2=O)=N1. The van der Waals surface area contributed by atoms with Crippen LogP contribution in [0.2, 0.25) is 0 Å². The van der Waals surface area contributed by atoms with Gasteiger partial charge >= 0.3 is 5.97 Å². The van der Waals surface area contributed by atoms with Crippen molar-refractivity contribution in [3.05, 3.63) is 107 Å². The Morgan fingerprint density at radius 2 is 1.98 bits per heavy atom. The first kappa shape index (κ1) is 29.3. The van der Waals surface area contributed by atoms with Crippen molar-refractivity contribution in [2.75, 3.05) is 13.4 Å². The normalized spacial score (nSPS) is 15.6. The fourth-order valence-corrected chi connectivity index (χ4v) is 6.78. The van der Waals surface area contributed by atoms with Gasteiger partial charge in [-0.05, 0) is 66.6 Å². The molecule has 0 N–H and O–H groups in total. The lowest BCUT2D eigenvalue weighted by Crippen LogP contribution is -2.40. The van der Waals surface area contributed by atoms with Gasteiger partial charge in [-0.3, -0.25) is 19.5 Å². The van der Waals surface area contributed by atoms with Crippen molar-refractivity contribution in [2.24, 2.45) is 4.99 Å². The van der Waals surface area contributed by atoms with Crippen LogP contribution in [0.15, 0.2) is 86.0 Å². The van der Waals surface area contributed by atoms with Gasteiger partial charge < -0.3 is 14.2 Å². The van der Waals surface area contributed by atoms with Crippen molar-refractivity contribution >= 4 is 40.8 Å². The maximum Gasteiger partial charge on any atom is 0.338 e. The van der Waals surface area contributed by atoms with E-state index in [1.807, 2.05) is 6.92 Å². The Labute approximate surface area is 258 Å². The molecule has 2 aromatic heterocycles. The summed E-state index contributed by atoms with van der Waals surface area (Å²) in [5.74, 6) is 0.523. The van der Waals surface area contributed by atoms with Crippen molar-refractivity contribution in [3.8, 4) is 11.5 Å². The molecular formula is C30H25N5O7S2. The second-order valence-electron chi connectivity index (χ2n) is 9.64. The van der Waals surface area contributed by atoms with Gasteiger partial charge in [0.2, 0.25) is 6.79 Å². The van der Waals surface area contributed by atoms with Gasteiger partial charge in [-0.15, -0.1) is 0 Å². The Hall–Kier alpha value is -4.82. The fourth-order valence-electron chi connectivity index (χ4n) is 4.96. The fraction of sp³-hybridized carbons (Fsp3) is 0.233. The van der Waals surface area contributed by atoms with Crippen LogP contribution in [0.4, 0.5) is 5.69 Å². The van der Waals surface area contributed by atoms with E-state index >= 15 is 0 Å². The zero-order valence-electron chi connectivity index (χ0n) is 23.6. The van der Waals surface area contributed by atoms with Crippen LogP contribution in [0.1, 0.15) is 43.9 Å². The van der Waals surface area contributed by atoms with Crippen LogP contribution in [-0.2, 0) is 9.53 Å². The number of hydrogen-bond donors (Lipinski definition) is 0.